The predicted octanol–water partition coefficient (Wildman–Crippen LogP) is 3.32. The SMILES string of the molecule is Cl.Cl.Pc1ccccc1.[C-]1=CC=CC1.[CH3-].[CH3-].[SiH2]=[Ti]. The zero-order chi connectivity index (χ0) is 10.6. The van der Waals surface area contributed by atoms with Gasteiger partial charge < -0.3 is 14.9 Å². The minimum absolute atomic E-state index is 0. The molecule has 1 atom stereocenters. The summed E-state index contributed by atoms with van der Waals surface area (Å²) < 4.78 is 0. The molecule has 0 aromatic heterocycles. The van der Waals surface area contributed by atoms with Crippen LogP contribution in [0.5, 0.6) is 0 Å². The summed E-state index contributed by atoms with van der Waals surface area (Å²) in [5.41, 5.74) is 0. The van der Waals surface area contributed by atoms with Gasteiger partial charge in [0.05, 0.1) is 0 Å². The number of halogens is 2. The van der Waals surface area contributed by atoms with Crippen LogP contribution >= 0.6 is 34.1 Å². The van der Waals surface area contributed by atoms with Crippen LogP contribution in [0.2, 0.25) is 0 Å². The van der Waals surface area contributed by atoms with Gasteiger partial charge in [-0.1, -0.05) is 30.3 Å². The van der Waals surface area contributed by atoms with Crippen LogP contribution in [0.15, 0.2) is 48.6 Å². The van der Waals surface area contributed by atoms with Crippen LogP contribution in [0.25, 0.3) is 0 Å². The number of allylic oxidation sites excluding steroid dienone is 4. The second-order valence-corrected chi connectivity index (χ2v) is 3.08. The van der Waals surface area contributed by atoms with Crippen molar-refractivity contribution in [2.75, 3.05) is 0 Å². The molecule has 1 aromatic carbocycles. The molecule has 1 unspecified atom stereocenters. The first kappa shape index (κ1) is 31.2. The van der Waals surface area contributed by atoms with Crippen LogP contribution in [0.4, 0.5) is 0 Å². The maximum atomic E-state index is 2.99. The van der Waals surface area contributed by atoms with E-state index in [1.807, 2.05) is 69.3 Å². The third-order valence-electron chi connectivity index (χ3n) is 1.39. The minimum atomic E-state index is 0. The van der Waals surface area contributed by atoms with Gasteiger partial charge in [0, 0.05) is 0 Å². The van der Waals surface area contributed by atoms with E-state index in [9.17, 15) is 0 Å². The Morgan fingerprint density at radius 1 is 1.06 bits per heavy atom. The summed E-state index contributed by atoms with van der Waals surface area (Å²) in [6, 6.07) is 10.1. The van der Waals surface area contributed by atoms with Gasteiger partial charge in [0.2, 0.25) is 0 Å². The number of hydrogen-bond acceptors (Lipinski definition) is 0. The van der Waals surface area contributed by atoms with E-state index in [1.54, 1.807) is 0 Å². The van der Waals surface area contributed by atoms with Crippen molar-refractivity contribution in [3.05, 3.63) is 69.5 Å². The quantitative estimate of drug-likeness (QED) is 0.380. The number of rotatable bonds is 0. The van der Waals surface area contributed by atoms with E-state index in [-0.39, 0.29) is 39.7 Å². The van der Waals surface area contributed by atoms with Crippen molar-refractivity contribution in [3.63, 3.8) is 0 Å². The molecule has 104 valence electrons. The van der Waals surface area contributed by atoms with E-state index < -0.39 is 0 Å². The molecule has 0 saturated heterocycles. The zero-order valence-electron chi connectivity index (χ0n) is 10.9. The molecule has 0 saturated carbocycles. The fraction of sp³-hybridized carbons (Fsp3) is 0.0769. The van der Waals surface area contributed by atoms with E-state index in [1.165, 1.54) is 5.30 Å². The van der Waals surface area contributed by atoms with Gasteiger partial charge in [-0.25, -0.2) is 12.2 Å². The molecule has 0 aliphatic heterocycles. The Bertz CT molecular complexity index is 282. The fourth-order valence-electron chi connectivity index (χ4n) is 0.793. The van der Waals surface area contributed by atoms with Crippen LogP contribution in [0, 0.1) is 20.9 Å². The Balaban J connectivity index is -0.0000000470. The molecule has 0 N–H and O–H groups in total. The van der Waals surface area contributed by atoms with Crippen LogP contribution in [0.1, 0.15) is 6.42 Å². The normalized spacial score (nSPS) is 8.44. The Morgan fingerprint density at radius 3 is 1.72 bits per heavy atom. The topological polar surface area (TPSA) is 0 Å². The zero-order valence-corrected chi connectivity index (χ0v) is 16.7. The molecule has 0 heterocycles. The molecular weight excluding hydrogens is 334 g/mol. The van der Waals surface area contributed by atoms with Crippen LogP contribution in [-0.2, 0) is 19.2 Å². The first-order chi connectivity index (χ1) is 6.89. The van der Waals surface area contributed by atoms with Crippen molar-refractivity contribution < 1.29 is 19.2 Å². The van der Waals surface area contributed by atoms with E-state index in [2.05, 4.69) is 21.4 Å². The molecule has 0 bridgehead atoms. The third-order valence-corrected chi connectivity index (χ3v) is 1.77. The van der Waals surface area contributed by atoms with Gasteiger partial charge >= 0.3 is 26.8 Å². The van der Waals surface area contributed by atoms with Gasteiger partial charge in [0.25, 0.3) is 0 Å². The van der Waals surface area contributed by atoms with Crippen molar-refractivity contribution in [3.8, 4) is 0 Å². The predicted molar refractivity (Wildman–Crippen MR) is 93.2 cm³/mol. The van der Waals surface area contributed by atoms with Crippen LogP contribution < -0.4 is 5.30 Å². The summed E-state index contributed by atoms with van der Waals surface area (Å²) >= 11 is 2.03. The molecule has 2 rings (SSSR count). The van der Waals surface area contributed by atoms with Gasteiger partial charge in [0.1, 0.15) is 0 Å². The summed E-state index contributed by atoms with van der Waals surface area (Å²) in [5.74, 6) is 0. The van der Waals surface area contributed by atoms with Crippen molar-refractivity contribution in [2.24, 2.45) is 0 Å². The van der Waals surface area contributed by atoms with E-state index in [0.29, 0.717) is 0 Å². The molecule has 0 amide bonds. The molecule has 0 radical (unpaired) electrons. The van der Waals surface area contributed by atoms with Crippen molar-refractivity contribution in [2.45, 2.75) is 6.42 Å². The number of benzene rings is 1. The molecule has 5 heteroatoms. The maximum absolute atomic E-state index is 2.99. The van der Waals surface area contributed by atoms with Crippen molar-refractivity contribution in [1.82, 2.24) is 0 Å². The first-order valence-electron chi connectivity index (χ1n) is 4.27. The molecule has 18 heavy (non-hydrogen) atoms. The van der Waals surface area contributed by atoms with E-state index >= 15 is 0 Å². The summed E-state index contributed by atoms with van der Waals surface area (Å²) in [6.45, 7) is 0. The van der Waals surface area contributed by atoms with Gasteiger partial charge in [-0.3, -0.25) is 6.08 Å². The standard InChI is InChI=1S/C6H7P.C5H5.2CH3.2ClH.H2Si.Ti/c7-6-4-2-1-3-5-6;1-2-4-5-3-1;;;;;;/h1-5H,7H2;1-3H,4H2;2*1H3;2*1H;1H2;/q;3*-1;;;;. The second-order valence-electron chi connectivity index (χ2n) is 2.41. The third kappa shape index (κ3) is 21.9. The van der Waals surface area contributed by atoms with Crippen LogP contribution in [0.3, 0.4) is 0 Å². The molecule has 1 aliphatic carbocycles. The Morgan fingerprint density at radius 2 is 1.56 bits per heavy atom. The second kappa shape index (κ2) is 26.3. The molecule has 0 nitrogen and oxygen atoms in total. The van der Waals surface area contributed by atoms with Crippen LogP contribution in [-0.4, -0.2) is 7.63 Å². The van der Waals surface area contributed by atoms with Gasteiger partial charge in [-0.15, -0.1) is 40.5 Å². The van der Waals surface area contributed by atoms with Crippen molar-refractivity contribution >= 4 is 47.0 Å². The van der Waals surface area contributed by atoms with Crippen molar-refractivity contribution in [1.29, 1.82) is 0 Å². The Labute approximate surface area is 141 Å². The summed E-state index contributed by atoms with van der Waals surface area (Å²) in [7, 11) is 4.49. The summed E-state index contributed by atoms with van der Waals surface area (Å²) in [6.07, 6.45) is 10.0. The average molecular weight is 356 g/mol. The molecule has 0 spiro atoms. The van der Waals surface area contributed by atoms with Gasteiger partial charge in [-0.2, -0.15) is 6.08 Å². The molecular formula is C13H22Cl2PSiTi-3. The molecule has 0 fully saturated rings. The first-order valence-corrected chi connectivity index (χ1v) is 8.87. The Kier molecular flexibility index (Phi) is 45.5. The van der Waals surface area contributed by atoms with E-state index in [4.69, 9.17) is 0 Å². The van der Waals surface area contributed by atoms with Gasteiger partial charge in [0.15, 0.2) is 0 Å². The summed E-state index contributed by atoms with van der Waals surface area (Å²) in [4.78, 5) is 0. The number of hydrogen-bond donors (Lipinski definition) is 0. The molecule has 1 aliphatic rings. The average Bonchev–Trinajstić information content (AvgIpc) is 2.80. The summed E-state index contributed by atoms with van der Waals surface area (Å²) in [5, 5.41) is 1.24. The van der Waals surface area contributed by atoms with Gasteiger partial charge in [-0.05, 0) is 5.30 Å². The molecule has 1 aromatic rings. The monoisotopic (exact) mass is 355 g/mol. The van der Waals surface area contributed by atoms with E-state index in [0.717, 1.165) is 6.42 Å². The Hall–Kier alpha value is 0.641. The fourth-order valence-corrected chi connectivity index (χ4v) is 1.02.